The Hall–Kier alpha value is -1.64. The van der Waals surface area contributed by atoms with Crippen molar-refractivity contribution < 1.29 is 9.32 Å². The molecule has 1 aromatic heterocycles. The van der Waals surface area contributed by atoms with Crippen LogP contribution in [0.4, 0.5) is 0 Å². The summed E-state index contributed by atoms with van der Waals surface area (Å²) in [5.74, 6) is 0.00690. The lowest BCUT2D eigenvalue weighted by Crippen LogP contribution is -2.20. The van der Waals surface area contributed by atoms with Crippen molar-refractivity contribution >= 4 is 16.8 Å². The summed E-state index contributed by atoms with van der Waals surface area (Å²) in [4.78, 5) is 12.0. The zero-order chi connectivity index (χ0) is 11.1. The average molecular weight is 203 g/mol. The largest absolute Gasteiger partial charge is 0.356 e. The molecule has 0 aliphatic heterocycles. The first-order valence-electron chi connectivity index (χ1n) is 4.89. The molecule has 0 bridgehead atoms. The van der Waals surface area contributed by atoms with Gasteiger partial charge in [0.1, 0.15) is 0 Å². The highest BCUT2D eigenvalue weighted by Crippen LogP contribution is 2.25. The van der Waals surface area contributed by atoms with E-state index in [9.17, 15) is 4.79 Å². The molecule has 0 aliphatic carbocycles. The van der Waals surface area contributed by atoms with E-state index in [1.54, 1.807) is 0 Å². The Morgan fingerprint density at radius 1 is 1.27 bits per heavy atom. The van der Waals surface area contributed by atoms with E-state index >= 15 is 0 Å². The Morgan fingerprint density at radius 3 is 2.60 bits per heavy atom. The maximum Gasteiger partial charge on any atom is 0.190 e. The van der Waals surface area contributed by atoms with E-state index in [4.69, 9.17) is 4.52 Å². The SMILES string of the molecule is CC(C)(C)C(=O)c1noc2ccccc12. The molecule has 0 radical (unpaired) electrons. The summed E-state index contributed by atoms with van der Waals surface area (Å²) < 4.78 is 5.09. The maximum absolute atomic E-state index is 12.0. The van der Waals surface area contributed by atoms with Crippen molar-refractivity contribution in [2.24, 2.45) is 5.41 Å². The molecule has 3 nitrogen and oxygen atoms in total. The predicted octanol–water partition coefficient (Wildman–Crippen LogP) is 3.06. The smallest absolute Gasteiger partial charge is 0.190 e. The fraction of sp³-hybridized carbons (Fsp3) is 0.333. The number of aromatic nitrogens is 1. The average Bonchev–Trinajstić information content (AvgIpc) is 2.58. The van der Waals surface area contributed by atoms with Gasteiger partial charge in [0, 0.05) is 5.41 Å². The third kappa shape index (κ3) is 1.65. The minimum absolute atomic E-state index is 0.00690. The van der Waals surface area contributed by atoms with Crippen molar-refractivity contribution in [3.05, 3.63) is 30.0 Å². The number of nitrogens with zero attached hydrogens (tertiary/aromatic N) is 1. The lowest BCUT2D eigenvalue weighted by atomic mass is 9.88. The first kappa shape index (κ1) is 9.90. The molecule has 0 amide bonds. The Labute approximate surface area is 88.1 Å². The predicted molar refractivity (Wildman–Crippen MR) is 57.8 cm³/mol. The molecule has 0 unspecified atom stereocenters. The van der Waals surface area contributed by atoms with Gasteiger partial charge in [-0.05, 0) is 12.1 Å². The fourth-order valence-corrected chi connectivity index (χ4v) is 1.40. The van der Waals surface area contributed by atoms with E-state index in [0.29, 0.717) is 11.3 Å². The molecule has 0 fully saturated rings. The van der Waals surface area contributed by atoms with Gasteiger partial charge in [0.05, 0.1) is 5.39 Å². The minimum Gasteiger partial charge on any atom is -0.356 e. The van der Waals surface area contributed by atoms with Crippen molar-refractivity contribution in [3.8, 4) is 0 Å². The Balaban J connectivity index is 2.58. The summed E-state index contributed by atoms with van der Waals surface area (Å²) in [5.41, 5.74) is 0.655. The first-order chi connectivity index (χ1) is 7.00. The maximum atomic E-state index is 12.0. The first-order valence-corrected chi connectivity index (χ1v) is 4.89. The fourth-order valence-electron chi connectivity index (χ4n) is 1.40. The summed E-state index contributed by atoms with van der Waals surface area (Å²) in [6.07, 6.45) is 0. The van der Waals surface area contributed by atoms with Crippen molar-refractivity contribution in [2.75, 3.05) is 0 Å². The monoisotopic (exact) mass is 203 g/mol. The summed E-state index contributed by atoms with van der Waals surface area (Å²) in [7, 11) is 0. The zero-order valence-corrected chi connectivity index (χ0v) is 9.07. The molecule has 3 heteroatoms. The van der Waals surface area contributed by atoms with Crippen LogP contribution in [0.25, 0.3) is 11.0 Å². The van der Waals surface area contributed by atoms with Crippen LogP contribution in [-0.4, -0.2) is 10.9 Å². The van der Waals surface area contributed by atoms with Crippen LogP contribution in [0.3, 0.4) is 0 Å². The van der Waals surface area contributed by atoms with E-state index in [2.05, 4.69) is 5.16 Å². The lowest BCUT2D eigenvalue weighted by molar-refractivity contribution is 0.0850. The zero-order valence-electron chi connectivity index (χ0n) is 9.07. The molecule has 1 aromatic carbocycles. The van der Waals surface area contributed by atoms with Crippen LogP contribution in [0.1, 0.15) is 31.3 Å². The van der Waals surface area contributed by atoms with Gasteiger partial charge >= 0.3 is 0 Å². The highest BCUT2D eigenvalue weighted by Gasteiger charge is 2.27. The second kappa shape index (κ2) is 3.19. The number of ketones is 1. The molecule has 0 saturated heterocycles. The number of fused-ring (bicyclic) bond motifs is 1. The molecule has 15 heavy (non-hydrogen) atoms. The Kier molecular flexibility index (Phi) is 2.11. The van der Waals surface area contributed by atoms with Gasteiger partial charge in [-0.15, -0.1) is 0 Å². The van der Waals surface area contributed by atoms with Gasteiger partial charge in [-0.25, -0.2) is 0 Å². The van der Waals surface area contributed by atoms with Gasteiger partial charge in [0.25, 0.3) is 0 Å². The van der Waals surface area contributed by atoms with E-state index in [-0.39, 0.29) is 5.78 Å². The van der Waals surface area contributed by atoms with Crippen LogP contribution in [-0.2, 0) is 0 Å². The third-order valence-electron chi connectivity index (χ3n) is 2.27. The number of carbonyl (C=O) groups is 1. The molecule has 2 aromatic rings. The number of hydrogen-bond acceptors (Lipinski definition) is 3. The van der Waals surface area contributed by atoms with Crippen LogP contribution in [0.15, 0.2) is 28.8 Å². The molecule has 0 N–H and O–H groups in total. The van der Waals surface area contributed by atoms with Crippen molar-refractivity contribution in [3.63, 3.8) is 0 Å². The minimum atomic E-state index is -0.431. The standard InChI is InChI=1S/C12H13NO2/c1-12(2,3)11(14)10-8-6-4-5-7-9(8)15-13-10/h4-7H,1-3H3. The number of hydrogen-bond donors (Lipinski definition) is 0. The molecule has 0 aliphatic rings. The number of carbonyl (C=O) groups excluding carboxylic acids is 1. The van der Waals surface area contributed by atoms with Gasteiger partial charge in [-0.2, -0.15) is 0 Å². The van der Waals surface area contributed by atoms with Crippen LogP contribution >= 0.6 is 0 Å². The highest BCUT2D eigenvalue weighted by molar-refractivity contribution is 6.07. The molecule has 0 saturated carbocycles. The Morgan fingerprint density at radius 2 is 1.93 bits per heavy atom. The van der Waals surface area contributed by atoms with Crippen LogP contribution in [0.5, 0.6) is 0 Å². The third-order valence-corrected chi connectivity index (χ3v) is 2.27. The van der Waals surface area contributed by atoms with E-state index < -0.39 is 5.41 Å². The van der Waals surface area contributed by atoms with Gasteiger partial charge in [0.2, 0.25) is 0 Å². The van der Waals surface area contributed by atoms with E-state index in [1.807, 2.05) is 45.0 Å². The number of para-hydroxylation sites is 1. The summed E-state index contributed by atoms with van der Waals surface area (Å²) in [6, 6.07) is 7.39. The molecular weight excluding hydrogens is 190 g/mol. The highest BCUT2D eigenvalue weighted by atomic mass is 16.5. The number of rotatable bonds is 1. The van der Waals surface area contributed by atoms with Gasteiger partial charge in [0.15, 0.2) is 17.1 Å². The summed E-state index contributed by atoms with van der Waals surface area (Å²) in [5, 5.41) is 4.63. The topological polar surface area (TPSA) is 43.1 Å². The van der Waals surface area contributed by atoms with Crippen LogP contribution in [0.2, 0.25) is 0 Å². The van der Waals surface area contributed by atoms with E-state index in [0.717, 1.165) is 5.39 Å². The van der Waals surface area contributed by atoms with Gasteiger partial charge < -0.3 is 4.52 Å². The number of Topliss-reactive ketones (excluding diaryl/α,β-unsaturated/α-hetero) is 1. The summed E-state index contributed by atoms with van der Waals surface area (Å²) in [6.45, 7) is 5.62. The second-order valence-corrected chi connectivity index (χ2v) is 4.61. The van der Waals surface area contributed by atoms with E-state index in [1.165, 1.54) is 0 Å². The normalized spacial score (nSPS) is 11.9. The molecule has 2 rings (SSSR count). The molecule has 0 atom stereocenters. The molecule has 1 heterocycles. The van der Waals surface area contributed by atoms with Crippen molar-refractivity contribution in [1.82, 2.24) is 5.16 Å². The van der Waals surface area contributed by atoms with Crippen molar-refractivity contribution in [2.45, 2.75) is 20.8 Å². The van der Waals surface area contributed by atoms with Crippen molar-refractivity contribution in [1.29, 1.82) is 0 Å². The molecule has 0 spiro atoms. The summed E-state index contributed by atoms with van der Waals surface area (Å²) >= 11 is 0. The Bertz CT molecular complexity index is 506. The van der Waals surface area contributed by atoms with Crippen LogP contribution in [0, 0.1) is 5.41 Å². The molecular formula is C12H13NO2. The number of benzene rings is 1. The van der Waals surface area contributed by atoms with Crippen LogP contribution < -0.4 is 0 Å². The second-order valence-electron chi connectivity index (χ2n) is 4.61. The van der Waals surface area contributed by atoms with Gasteiger partial charge in [-0.3, -0.25) is 4.79 Å². The lowest BCUT2D eigenvalue weighted by Gasteiger charge is -2.13. The molecule has 78 valence electrons. The quantitative estimate of drug-likeness (QED) is 0.669. The van der Waals surface area contributed by atoms with Gasteiger partial charge in [-0.1, -0.05) is 38.1 Å².